The third-order valence-electron chi connectivity index (χ3n) is 2.89. The second-order valence-corrected chi connectivity index (χ2v) is 5.52. The molecule has 0 heterocycles. The van der Waals surface area contributed by atoms with Gasteiger partial charge in [0.15, 0.2) is 6.10 Å². The van der Waals surface area contributed by atoms with Crippen LogP contribution in [0.5, 0.6) is 5.75 Å². The van der Waals surface area contributed by atoms with Crippen LogP contribution in [0.4, 0.5) is 10.1 Å². The average molecular weight is 352 g/mol. The Morgan fingerprint density at radius 1 is 1.29 bits per heavy atom. The molecule has 0 saturated carbocycles. The van der Waals surface area contributed by atoms with Crippen molar-refractivity contribution in [3.63, 3.8) is 0 Å². The standard InChI is InChI=1S/C16H15BrFNO2/c1-10-7-8-15(12(17)9-10)21-11(2)16(20)19-14-6-4-3-5-13(14)18/h3-9,11H,1-2H3,(H,19,20). The van der Waals surface area contributed by atoms with Gasteiger partial charge >= 0.3 is 0 Å². The van der Waals surface area contributed by atoms with Gasteiger partial charge in [-0.3, -0.25) is 4.79 Å². The summed E-state index contributed by atoms with van der Waals surface area (Å²) in [5, 5.41) is 2.51. The van der Waals surface area contributed by atoms with Crippen molar-refractivity contribution in [2.75, 3.05) is 5.32 Å². The van der Waals surface area contributed by atoms with Crippen LogP contribution in [-0.2, 0) is 4.79 Å². The number of rotatable bonds is 4. The Bertz CT molecular complexity index is 660. The van der Waals surface area contributed by atoms with Crippen molar-refractivity contribution in [2.45, 2.75) is 20.0 Å². The zero-order valence-corrected chi connectivity index (χ0v) is 13.3. The number of para-hydroxylation sites is 1. The van der Waals surface area contributed by atoms with Crippen LogP contribution < -0.4 is 10.1 Å². The molecule has 3 nitrogen and oxygen atoms in total. The van der Waals surface area contributed by atoms with Crippen LogP contribution in [0, 0.1) is 12.7 Å². The van der Waals surface area contributed by atoms with Crippen molar-refractivity contribution in [3.05, 3.63) is 58.3 Å². The summed E-state index contributed by atoms with van der Waals surface area (Å²) >= 11 is 3.39. The van der Waals surface area contributed by atoms with Crippen LogP contribution in [0.15, 0.2) is 46.9 Å². The van der Waals surface area contributed by atoms with Gasteiger partial charge in [-0.2, -0.15) is 0 Å². The molecule has 1 amide bonds. The number of nitrogens with one attached hydrogen (secondary N) is 1. The summed E-state index contributed by atoms with van der Waals surface area (Å²) in [7, 11) is 0. The Balaban J connectivity index is 2.04. The second-order valence-electron chi connectivity index (χ2n) is 4.66. The minimum atomic E-state index is -0.747. The second kappa shape index (κ2) is 6.72. The highest BCUT2D eigenvalue weighted by molar-refractivity contribution is 9.10. The predicted molar refractivity (Wildman–Crippen MR) is 84.0 cm³/mol. The van der Waals surface area contributed by atoms with Gasteiger partial charge in [-0.25, -0.2) is 4.39 Å². The first-order valence-electron chi connectivity index (χ1n) is 6.45. The normalized spacial score (nSPS) is 11.8. The lowest BCUT2D eigenvalue weighted by Gasteiger charge is -2.16. The van der Waals surface area contributed by atoms with Crippen molar-refractivity contribution in [2.24, 2.45) is 0 Å². The molecule has 0 aliphatic heterocycles. The van der Waals surface area contributed by atoms with Crippen molar-refractivity contribution in [1.82, 2.24) is 0 Å². The molecule has 1 N–H and O–H groups in total. The van der Waals surface area contributed by atoms with E-state index in [1.165, 1.54) is 12.1 Å². The zero-order chi connectivity index (χ0) is 15.4. The molecule has 0 aliphatic carbocycles. The first-order valence-corrected chi connectivity index (χ1v) is 7.25. The molecule has 0 radical (unpaired) electrons. The van der Waals surface area contributed by atoms with Gasteiger partial charge in [0, 0.05) is 0 Å². The van der Waals surface area contributed by atoms with Crippen molar-refractivity contribution in [3.8, 4) is 5.75 Å². The van der Waals surface area contributed by atoms with E-state index in [-0.39, 0.29) is 5.69 Å². The molecule has 1 atom stereocenters. The maximum absolute atomic E-state index is 13.5. The summed E-state index contributed by atoms with van der Waals surface area (Å²) in [6.45, 7) is 3.57. The Kier molecular flexibility index (Phi) is 4.96. The molecule has 0 fully saturated rings. The summed E-state index contributed by atoms with van der Waals surface area (Å²) in [6.07, 6.45) is -0.747. The van der Waals surface area contributed by atoms with Gasteiger partial charge in [-0.15, -0.1) is 0 Å². The number of hydrogen-bond acceptors (Lipinski definition) is 2. The molecule has 1 unspecified atom stereocenters. The average Bonchev–Trinajstić information content (AvgIpc) is 2.44. The Morgan fingerprint density at radius 2 is 2.00 bits per heavy atom. The van der Waals surface area contributed by atoms with Crippen LogP contribution in [0.2, 0.25) is 0 Å². The number of ether oxygens (including phenoxy) is 1. The maximum atomic E-state index is 13.5. The number of benzene rings is 2. The maximum Gasteiger partial charge on any atom is 0.265 e. The highest BCUT2D eigenvalue weighted by atomic mass is 79.9. The van der Waals surface area contributed by atoms with Gasteiger partial charge in [0.1, 0.15) is 11.6 Å². The summed E-state index contributed by atoms with van der Waals surface area (Å²) in [5.74, 6) is -0.320. The van der Waals surface area contributed by atoms with E-state index in [0.29, 0.717) is 5.75 Å². The first-order chi connectivity index (χ1) is 9.97. The van der Waals surface area contributed by atoms with Crippen LogP contribution >= 0.6 is 15.9 Å². The van der Waals surface area contributed by atoms with Crippen molar-refractivity contribution < 1.29 is 13.9 Å². The van der Waals surface area contributed by atoms with Crippen LogP contribution in [-0.4, -0.2) is 12.0 Å². The minimum Gasteiger partial charge on any atom is -0.480 e. The number of carbonyl (C=O) groups excluding carboxylic acids is 1. The Morgan fingerprint density at radius 3 is 2.67 bits per heavy atom. The molecule has 0 aromatic heterocycles. The molecule has 0 spiro atoms. The molecule has 110 valence electrons. The molecule has 0 saturated heterocycles. The third-order valence-corrected chi connectivity index (χ3v) is 3.51. The van der Waals surface area contributed by atoms with Gasteiger partial charge in [-0.05, 0) is 59.6 Å². The third kappa shape index (κ3) is 4.04. The van der Waals surface area contributed by atoms with E-state index in [0.717, 1.165) is 10.0 Å². The quantitative estimate of drug-likeness (QED) is 0.891. The Hall–Kier alpha value is -1.88. The first kappa shape index (κ1) is 15.5. The number of amides is 1. The van der Waals surface area contributed by atoms with E-state index in [1.54, 1.807) is 25.1 Å². The summed E-state index contributed by atoms with van der Waals surface area (Å²) < 4.78 is 19.8. The molecule has 2 rings (SSSR count). The Labute approximate surface area is 131 Å². The fraction of sp³-hybridized carbons (Fsp3) is 0.188. The van der Waals surface area contributed by atoms with E-state index in [2.05, 4.69) is 21.2 Å². The van der Waals surface area contributed by atoms with E-state index in [4.69, 9.17) is 4.74 Å². The monoisotopic (exact) mass is 351 g/mol. The van der Waals surface area contributed by atoms with Gasteiger partial charge in [0.25, 0.3) is 5.91 Å². The number of aryl methyl sites for hydroxylation is 1. The highest BCUT2D eigenvalue weighted by Crippen LogP contribution is 2.27. The van der Waals surface area contributed by atoms with Gasteiger partial charge in [-0.1, -0.05) is 18.2 Å². The molecule has 2 aromatic rings. The largest absolute Gasteiger partial charge is 0.480 e. The number of anilines is 1. The topological polar surface area (TPSA) is 38.3 Å². The van der Waals surface area contributed by atoms with E-state index < -0.39 is 17.8 Å². The molecular weight excluding hydrogens is 337 g/mol. The fourth-order valence-corrected chi connectivity index (χ4v) is 2.33. The summed E-state index contributed by atoms with van der Waals surface area (Å²) in [6, 6.07) is 11.6. The lowest BCUT2D eigenvalue weighted by Crippen LogP contribution is -2.30. The fourth-order valence-electron chi connectivity index (χ4n) is 1.74. The summed E-state index contributed by atoms with van der Waals surface area (Å²) in [4.78, 5) is 12.0. The number of halogens is 2. The molecule has 0 bridgehead atoms. The lowest BCUT2D eigenvalue weighted by molar-refractivity contribution is -0.122. The SMILES string of the molecule is Cc1ccc(OC(C)C(=O)Nc2ccccc2F)c(Br)c1. The van der Waals surface area contributed by atoms with Crippen molar-refractivity contribution >= 4 is 27.5 Å². The molecule has 5 heteroatoms. The lowest BCUT2D eigenvalue weighted by atomic mass is 10.2. The minimum absolute atomic E-state index is 0.140. The van der Waals surface area contributed by atoms with Crippen LogP contribution in [0.25, 0.3) is 0 Å². The van der Waals surface area contributed by atoms with E-state index in [9.17, 15) is 9.18 Å². The number of hydrogen-bond donors (Lipinski definition) is 1. The van der Waals surface area contributed by atoms with Crippen LogP contribution in [0.3, 0.4) is 0 Å². The number of carbonyl (C=O) groups is 1. The zero-order valence-electron chi connectivity index (χ0n) is 11.7. The molecule has 2 aromatic carbocycles. The highest BCUT2D eigenvalue weighted by Gasteiger charge is 2.17. The van der Waals surface area contributed by atoms with Gasteiger partial charge in [0.2, 0.25) is 0 Å². The van der Waals surface area contributed by atoms with Gasteiger partial charge < -0.3 is 10.1 Å². The van der Waals surface area contributed by atoms with Crippen LogP contribution in [0.1, 0.15) is 12.5 Å². The molecule has 0 aliphatic rings. The molecular formula is C16H15BrFNO2. The smallest absolute Gasteiger partial charge is 0.265 e. The predicted octanol–water partition coefficient (Wildman–Crippen LogP) is 4.30. The van der Waals surface area contributed by atoms with E-state index >= 15 is 0 Å². The molecule has 21 heavy (non-hydrogen) atoms. The van der Waals surface area contributed by atoms with E-state index in [1.807, 2.05) is 19.1 Å². The van der Waals surface area contributed by atoms with Gasteiger partial charge in [0.05, 0.1) is 10.2 Å². The summed E-state index contributed by atoms with van der Waals surface area (Å²) in [5.41, 5.74) is 1.22. The van der Waals surface area contributed by atoms with Crippen molar-refractivity contribution in [1.29, 1.82) is 0 Å².